The van der Waals surface area contributed by atoms with Crippen LogP contribution in [-0.4, -0.2) is 21.8 Å². The molecule has 0 aliphatic rings. The van der Waals surface area contributed by atoms with Crippen LogP contribution in [0.2, 0.25) is 10.0 Å². The zero-order valence-electron chi connectivity index (χ0n) is 11.8. The van der Waals surface area contributed by atoms with E-state index in [1.165, 1.54) is 0 Å². The molecule has 0 fully saturated rings. The van der Waals surface area contributed by atoms with Crippen LogP contribution < -0.4 is 5.32 Å². The van der Waals surface area contributed by atoms with Gasteiger partial charge in [-0.1, -0.05) is 30.1 Å². The Labute approximate surface area is 129 Å². The minimum absolute atomic E-state index is 0.00121. The predicted molar refractivity (Wildman–Crippen MR) is 82.3 cm³/mol. The molecule has 0 spiro atoms. The molecule has 0 bridgehead atoms. The molecule has 0 saturated heterocycles. The number of halogens is 2. The van der Waals surface area contributed by atoms with Gasteiger partial charge in [-0.25, -0.2) is 0 Å². The third-order valence-electron chi connectivity index (χ3n) is 3.37. The van der Waals surface area contributed by atoms with Gasteiger partial charge in [-0.3, -0.25) is 9.67 Å². The Hall–Kier alpha value is -1.10. The van der Waals surface area contributed by atoms with Gasteiger partial charge in [0.05, 0.1) is 33.2 Å². The Balaban J connectivity index is 2.32. The molecule has 2 aromatic heterocycles. The van der Waals surface area contributed by atoms with Gasteiger partial charge in [-0.2, -0.15) is 5.10 Å². The summed E-state index contributed by atoms with van der Waals surface area (Å²) in [4.78, 5) is 4.36. The normalized spacial score (nSPS) is 12.7. The van der Waals surface area contributed by atoms with Crippen LogP contribution in [0.5, 0.6) is 0 Å². The van der Waals surface area contributed by atoms with Crippen molar-refractivity contribution in [2.75, 3.05) is 7.05 Å². The fourth-order valence-corrected chi connectivity index (χ4v) is 2.85. The van der Waals surface area contributed by atoms with Crippen LogP contribution in [0.15, 0.2) is 18.3 Å². The minimum Gasteiger partial charge on any atom is -0.311 e. The van der Waals surface area contributed by atoms with Crippen molar-refractivity contribution in [3.63, 3.8) is 0 Å². The number of likely N-dealkylation sites (N-methyl/N-ethyl adjacent to an activating group) is 1. The second-order valence-corrected chi connectivity index (χ2v) is 5.39. The molecule has 1 unspecified atom stereocenters. The van der Waals surface area contributed by atoms with E-state index >= 15 is 0 Å². The van der Waals surface area contributed by atoms with Crippen molar-refractivity contribution in [2.45, 2.75) is 25.8 Å². The zero-order chi connectivity index (χ0) is 14.7. The second-order valence-electron chi connectivity index (χ2n) is 4.60. The van der Waals surface area contributed by atoms with Crippen LogP contribution in [0.3, 0.4) is 0 Å². The highest BCUT2D eigenvalue weighted by atomic mass is 35.5. The van der Waals surface area contributed by atoms with Crippen molar-refractivity contribution in [1.82, 2.24) is 20.1 Å². The van der Waals surface area contributed by atoms with Gasteiger partial charge in [0.2, 0.25) is 0 Å². The van der Waals surface area contributed by atoms with E-state index in [9.17, 15) is 0 Å². The van der Waals surface area contributed by atoms with Crippen molar-refractivity contribution in [3.05, 3.63) is 45.5 Å². The maximum Gasteiger partial charge on any atom is 0.0850 e. The summed E-state index contributed by atoms with van der Waals surface area (Å²) in [5, 5.41) is 9.07. The molecule has 0 aliphatic heterocycles. The van der Waals surface area contributed by atoms with E-state index in [0.717, 1.165) is 28.5 Å². The van der Waals surface area contributed by atoms with E-state index in [-0.39, 0.29) is 6.04 Å². The van der Waals surface area contributed by atoms with E-state index in [2.05, 4.69) is 15.4 Å². The maximum absolute atomic E-state index is 6.39. The first-order valence-corrected chi connectivity index (χ1v) is 7.32. The SMILES string of the molecule is CCc1nn(C)c(CC(NC)c2ncccc2Cl)c1Cl. The molecular formula is C14H18Cl2N4. The highest BCUT2D eigenvalue weighted by molar-refractivity contribution is 6.32. The van der Waals surface area contributed by atoms with Crippen molar-refractivity contribution in [1.29, 1.82) is 0 Å². The quantitative estimate of drug-likeness (QED) is 0.922. The molecule has 20 heavy (non-hydrogen) atoms. The molecule has 4 nitrogen and oxygen atoms in total. The van der Waals surface area contributed by atoms with E-state index in [1.54, 1.807) is 6.20 Å². The lowest BCUT2D eigenvalue weighted by Crippen LogP contribution is -2.21. The predicted octanol–water partition coefficient (Wildman–Crippen LogP) is 3.19. The van der Waals surface area contributed by atoms with Gasteiger partial charge in [0.15, 0.2) is 0 Å². The fourth-order valence-electron chi connectivity index (χ4n) is 2.22. The number of nitrogens with zero attached hydrogens (tertiary/aromatic N) is 3. The average molecular weight is 313 g/mol. The smallest absolute Gasteiger partial charge is 0.0850 e. The highest BCUT2D eigenvalue weighted by Crippen LogP contribution is 2.28. The summed E-state index contributed by atoms with van der Waals surface area (Å²) in [6.07, 6.45) is 3.25. The van der Waals surface area contributed by atoms with Gasteiger partial charge in [-0.05, 0) is 25.6 Å². The lowest BCUT2D eigenvalue weighted by molar-refractivity contribution is 0.549. The summed E-state index contributed by atoms with van der Waals surface area (Å²) in [7, 11) is 3.80. The lowest BCUT2D eigenvalue weighted by atomic mass is 10.1. The Kier molecular flexibility index (Phi) is 5.02. The highest BCUT2D eigenvalue weighted by Gasteiger charge is 2.20. The first-order chi connectivity index (χ1) is 9.58. The van der Waals surface area contributed by atoms with E-state index in [1.807, 2.05) is 37.8 Å². The molecule has 6 heteroatoms. The van der Waals surface area contributed by atoms with Crippen molar-refractivity contribution in [2.24, 2.45) is 7.05 Å². The summed E-state index contributed by atoms with van der Waals surface area (Å²) >= 11 is 12.6. The van der Waals surface area contributed by atoms with Crippen molar-refractivity contribution >= 4 is 23.2 Å². The molecule has 1 N–H and O–H groups in total. The number of hydrogen-bond donors (Lipinski definition) is 1. The molecule has 108 valence electrons. The molecule has 2 aromatic rings. The molecule has 2 rings (SSSR count). The Morgan fingerprint density at radius 2 is 2.15 bits per heavy atom. The van der Waals surface area contributed by atoms with Crippen LogP contribution in [0.4, 0.5) is 0 Å². The average Bonchev–Trinajstić information content (AvgIpc) is 2.72. The largest absolute Gasteiger partial charge is 0.311 e. The number of pyridine rings is 1. The maximum atomic E-state index is 6.39. The number of aromatic nitrogens is 3. The molecule has 0 aliphatic carbocycles. The third-order valence-corrected chi connectivity index (χ3v) is 4.12. The van der Waals surface area contributed by atoms with Crippen LogP contribution in [0.1, 0.15) is 30.0 Å². The molecular weight excluding hydrogens is 295 g/mol. The summed E-state index contributed by atoms with van der Waals surface area (Å²) in [6, 6.07) is 3.67. The van der Waals surface area contributed by atoms with Gasteiger partial charge in [-0.15, -0.1) is 0 Å². The first kappa shape index (κ1) is 15.3. The van der Waals surface area contributed by atoms with Crippen LogP contribution in [-0.2, 0) is 19.9 Å². The summed E-state index contributed by atoms with van der Waals surface area (Å²) in [6.45, 7) is 2.04. The number of nitrogens with one attached hydrogen (secondary N) is 1. The summed E-state index contributed by atoms with van der Waals surface area (Å²) < 4.78 is 1.84. The van der Waals surface area contributed by atoms with Crippen LogP contribution >= 0.6 is 23.2 Å². The van der Waals surface area contributed by atoms with Gasteiger partial charge < -0.3 is 5.32 Å². The van der Waals surface area contributed by atoms with Gasteiger partial charge in [0.1, 0.15) is 0 Å². The minimum atomic E-state index is 0.00121. The Morgan fingerprint density at radius 1 is 1.40 bits per heavy atom. The van der Waals surface area contributed by atoms with E-state index < -0.39 is 0 Å². The fraction of sp³-hybridized carbons (Fsp3) is 0.429. The van der Waals surface area contributed by atoms with Gasteiger partial charge >= 0.3 is 0 Å². The standard InChI is InChI=1S/C14H18Cl2N4/c1-4-10-13(16)12(20(3)19-10)8-11(17-2)14-9(15)6-5-7-18-14/h5-7,11,17H,4,8H2,1-3H3. The van der Waals surface area contributed by atoms with Crippen molar-refractivity contribution < 1.29 is 0 Å². The van der Waals surface area contributed by atoms with Gasteiger partial charge in [0, 0.05) is 19.7 Å². The number of aryl methyl sites for hydroxylation is 2. The monoisotopic (exact) mass is 312 g/mol. The first-order valence-electron chi connectivity index (χ1n) is 6.56. The molecule has 0 aromatic carbocycles. The topological polar surface area (TPSA) is 42.7 Å². The summed E-state index contributed by atoms with van der Waals surface area (Å²) in [5.74, 6) is 0. The number of hydrogen-bond acceptors (Lipinski definition) is 3. The lowest BCUT2D eigenvalue weighted by Gasteiger charge is -2.17. The van der Waals surface area contributed by atoms with Crippen LogP contribution in [0, 0.1) is 0 Å². The molecule has 1 atom stereocenters. The Bertz CT molecular complexity index is 595. The van der Waals surface area contributed by atoms with Gasteiger partial charge in [0.25, 0.3) is 0 Å². The molecule has 0 radical (unpaired) electrons. The van der Waals surface area contributed by atoms with E-state index in [0.29, 0.717) is 11.4 Å². The second kappa shape index (κ2) is 6.57. The zero-order valence-corrected chi connectivity index (χ0v) is 13.3. The molecule has 0 saturated carbocycles. The summed E-state index contributed by atoms with van der Waals surface area (Å²) in [5.41, 5.74) is 2.74. The molecule has 2 heterocycles. The third kappa shape index (κ3) is 2.97. The van der Waals surface area contributed by atoms with Crippen LogP contribution in [0.25, 0.3) is 0 Å². The van der Waals surface area contributed by atoms with E-state index in [4.69, 9.17) is 23.2 Å². The van der Waals surface area contributed by atoms with Crippen molar-refractivity contribution in [3.8, 4) is 0 Å². The molecule has 0 amide bonds. The number of rotatable bonds is 5. The Morgan fingerprint density at radius 3 is 2.70 bits per heavy atom.